The molecule has 2 heteroatoms. The van der Waals surface area contributed by atoms with Crippen LogP contribution in [0.2, 0.25) is 0 Å². The number of rotatable bonds is 1. The largest absolute Gasteiger partial charge is 0.299 e. The zero-order valence-electron chi connectivity index (χ0n) is 8.26. The topological polar surface area (TPSA) is 3.24 Å². The molecule has 1 rings (SSSR count). The van der Waals surface area contributed by atoms with E-state index in [1.165, 1.54) is 24.6 Å². The van der Waals surface area contributed by atoms with Crippen LogP contribution in [0.4, 0.5) is 0 Å². The smallest absolute Gasteiger partial charge is 0.00606 e. The monoisotopic (exact) mass is 175 g/mol. The molecule has 1 nitrogen and oxygen atoms in total. The summed E-state index contributed by atoms with van der Waals surface area (Å²) in [4.78, 5) is 2.60. The average Bonchev–Trinajstić information content (AvgIpc) is 1.86. The molecule has 0 atom stereocenters. The van der Waals surface area contributed by atoms with Crippen LogP contribution >= 0.6 is 10.0 Å². The molecule has 1 saturated heterocycles. The van der Waals surface area contributed by atoms with E-state index in [2.05, 4.69) is 31.3 Å². The van der Waals surface area contributed by atoms with Crippen molar-refractivity contribution in [1.29, 1.82) is 0 Å². The Morgan fingerprint density at radius 3 is 1.91 bits per heavy atom. The van der Waals surface area contributed by atoms with Gasteiger partial charge in [0, 0.05) is 19.1 Å². The van der Waals surface area contributed by atoms with E-state index in [0.29, 0.717) is 0 Å². The van der Waals surface area contributed by atoms with Gasteiger partial charge in [0.25, 0.3) is 0 Å². The van der Waals surface area contributed by atoms with Gasteiger partial charge in [-0.25, -0.2) is 10.0 Å². The molecule has 0 aromatic rings. The minimum absolute atomic E-state index is 0.191. The number of hydrogen-bond acceptors (Lipinski definition) is 1. The van der Waals surface area contributed by atoms with Crippen LogP contribution in [0.5, 0.6) is 0 Å². The highest BCUT2D eigenvalue weighted by Gasteiger charge is 2.22. The van der Waals surface area contributed by atoms with Gasteiger partial charge in [0.2, 0.25) is 0 Å². The van der Waals surface area contributed by atoms with E-state index in [0.717, 1.165) is 6.04 Å². The first-order valence-corrected chi connectivity index (χ1v) is 7.23. The van der Waals surface area contributed by atoms with Crippen molar-refractivity contribution in [2.45, 2.75) is 19.9 Å². The molecule has 0 amide bonds. The van der Waals surface area contributed by atoms with Crippen molar-refractivity contribution in [2.75, 3.05) is 37.1 Å². The lowest BCUT2D eigenvalue weighted by Crippen LogP contribution is -2.41. The Hall–Kier alpha value is 0.310. The van der Waals surface area contributed by atoms with Crippen LogP contribution in [0.3, 0.4) is 0 Å². The van der Waals surface area contributed by atoms with Gasteiger partial charge < -0.3 is 0 Å². The number of nitrogens with zero attached hydrogens (tertiary/aromatic N) is 1. The molecule has 0 spiro atoms. The van der Waals surface area contributed by atoms with Crippen LogP contribution in [-0.4, -0.2) is 48.0 Å². The Morgan fingerprint density at radius 1 is 1.09 bits per heavy atom. The molecule has 0 saturated carbocycles. The standard InChI is InChI=1S/C9H21NS/c1-9(2)10-5-7-11(3,4)8-6-10/h9H,5-8H2,1-4H3. The third kappa shape index (κ3) is 2.68. The zero-order valence-corrected chi connectivity index (χ0v) is 9.08. The molecule has 0 bridgehead atoms. The van der Waals surface area contributed by atoms with Gasteiger partial charge in [-0.1, -0.05) is 0 Å². The summed E-state index contributed by atoms with van der Waals surface area (Å²) in [5, 5.41) is 0. The second kappa shape index (κ2) is 3.36. The Morgan fingerprint density at radius 2 is 1.55 bits per heavy atom. The Bertz CT molecular complexity index is 122. The molecule has 0 radical (unpaired) electrons. The molecule has 1 aliphatic rings. The summed E-state index contributed by atoms with van der Waals surface area (Å²) in [6.07, 6.45) is 4.93. The van der Waals surface area contributed by atoms with Crippen LogP contribution in [0, 0.1) is 0 Å². The molecule has 11 heavy (non-hydrogen) atoms. The maximum absolute atomic E-state index is 2.60. The first-order valence-electron chi connectivity index (χ1n) is 4.44. The molecule has 0 aliphatic carbocycles. The fourth-order valence-electron chi connectivity index (χ4n) is 1.46. The lowest BCUT2D eigenvalue weighted by molar-refractivity contribution is 0.244. The van der Waals surface area contributed by atoms with E-state index in [1.807, 2.05) is 0 Å². The highest BCUT2D eigenvalue weighted by atomic mass is 32.3. The summed E-state index contributed by atoms with van der Waals surface area (Å²) in [5.41, 5.74) is 0. The average molecular weight is 175 g/mol. The van der Waals surface area contributed by atoms with E-state index >= 15 is 0 Å². The molecular weight excluding hydrogens is 154 g/mol. The first-order chi connectivity index (χ1) is 5.01. The van der Waals surface area contributed by atoms with Crippen molar-refractivity contribution in [3.63, 3.8) is 0 Å². The van der Waals surface area contributed by atoms with Crippen molar-refractivity contribution in [3.05, 3.63) is 0 Å². The highest BCUT2D eigenvalue weighted by Crippen LogP contribution is 2.41. The van der Waals surface area contributed by atoms with E-state index in [4.69, 9.17) is 0 Å². The quantitative estimate of drug-likeness (QED) is 0.587. The van der Waals surface area contributed by atoms with Crippen LogP contribution in [0.1, 0.15) is 13.8 Å². The SMILES string of the molecule is CC(C)N1CCS(C)(C)CC1. The first kappa shape index (κ1) is 9.40. The summed E-state index contributed by atoms with van der Waals surface area (Å²) in [6.45, 7) is 7.27. The highest BCUT2D eigenvalue weighted by molar-refractivity contribution is 8.32. The Labute approximate surface area is 72.5 Å². The second-order valence-corrected chi connectivity index (χ2v) is 8.66. The van der Waals surface area contributed by atoms with Crippen molar-refractivity contribution in [1.82, 2.24) is 4.90 Å². The van der Waals surface area contributed by atoms with E-state index in [1.54, 1.807) is 0 Å². The zero-order chi connectivity index (χ0) is 8.48. The molecule has 0 aromatic carbocycles. The van der Waals surface area contributed by atoms with Gasteiger partial charge in [-0.05, 0) is 37.9 Å². The van der Waals surface area contributed by atoms with Crippen molar-refractivity contribution < 1.29 is 0 Å². The molecule has 0 unspecified atom stereocenters. The maximum Gasteiger partial charge on any atom is 0.00606 e. The van der Waals surface area contributed by atoms with Crippen LogP contribution in [-0.2, 0) is 0 Å². The summed E-state index contributed by atoms with van der Waals surface area (Å²) < 4.78 is 0. The molecule has 1 aliphatic heterocycles. The lowest BCUT2D eigenvalue weighted by atomic mass is 10.3. The molecule has 1 fully saturated rings. The number of hydrogen-bond donors (Lipinski definition) is 0. The third-order valence-electron chi connectivity index (χ3n) is 2.59. The molecule has 0 aromatic heterocycles. The maximum atomic E-state index is 2.60. The summed E-state index contributed by atoms with van der Waals surface area (Å²) in [7, 11) is -0.191. The normalized spacial score (nSPS) is 28.8. The summed E-state index contributed by atoms with van der Waals surface area (Å²) in [5.74, 6) is 2.90. The Balaban J connectivity index is 2.36. The van der Waals surface area contributed by atoms with Crippen LogP contribution < -0.4 is 0 Å². The minimum Gasteiger partial charge on any atom is -0.299 e. The third-order valence-corrected chi connectivity index (χ3v) is 5.17. The molecule has 0 N–H and O–H groups in total. The molecular formula is C9H21NS. The predicted octanol–water partition coefficient (Wildman–Crippen LogP) is 1.77. The van der Waals surface area contributed by atoms with Crippen molar-refractivity contribution in [3.8, 4) is 0 Å². The Kier molecular flexibility index (Phi) is 2.87. The summed E-state index contributed by atoms with van der Waals surface area (Å²) >= 11 is 0. The van der Waals surface area contributed by atoms with Crippen molar-refractivity contribution >= 4 is 10.0 Å². The van der Waals surface area contributed by atoms with E-state index in [9.17, 15) is 0 Å². The van der Waals surface area contributed by atoms with Gasteiger partial charge >= 0.3 is 0 Å². The van der Waals surface area contributed by atoms with E-state index < -0.39 is 0 Å². The summed E-state index contributed by atoms with van der Waals surface area (Å²) in [6, 6.07) is 0.755. The second-order valence-electron chi connectivity index (χ2n) is 4.31. The molecule has 1 heterocycles. The van der Waals surface area contributed by atoms with Gasteiger partial charge in [-0.2, -0.15) is 0 Å². The van der Waals surface area contributed by atoms with Gasteiger partial charge in [0.1, 0.15) is 0 Å². The van der Waals surface area contributed by atoms with E-state index in [-0.39, 0.29) is 10.0 Å². The predicted molar refractivity (Wildman–Crippen MR) is 55.9 cm³/mol. The van der Waals surface area contributed by atoms with Crippen molar-refractivity contribution in [2.24, 2.45) is 0 Å². The fraction of sp³-hybridized carbons (Fsp3) is 1.00. The van der Waals surface area contributed by atoms with Gasteiger partial charge in [0.15, 0.2) is 0 Å². The molecule has 68 valence electrons. The van der Waals surface area contributed by atoms with Crippen LogP contribution in [0.15, 0.2) is 0 Å². The minimum atomic E-state index is -0.191. The fourth-order valence-corrected chi connectivity index (χ4v) is 3.12. The van der Waals surface area contributed by atoms with Gasteiger partial charge in [-0.3, -0.25) is 4.90 Å². The van der Waals surface area contributed by atoms with Gasteiger partial charge in [0.05, 0.1) is 0 Å². The van der Waals surface area contributed by atoms with Crippen LogP contribution in [0.25, 0.3) is 0 Å². The van der Waals surface area contributed by atoms with Gasteiger partial charge in [-0.15, -0.1) is 0 Å². The lowest BCUT2D eigenvalue weighted by Gasteiger charge is -2.42.